The summed E-state index contributed by atoms with van der Waals surface area (Å²) >= 11 is 9.94. The number of nitrogens with one attached hydrogen (secondary N) is 2. The number of halogens is 3. The summed E-state index contributed by atoms with van der Waals surface area (Å²) in [6, 6.07) is 0. The first-order valence-corrected chi connectivity index (χ1v) is 11.3. The maximum atomic E-state index is 12.8. The molecule has 174 valence electrons. The number of nitrogens with zero attached hydrogens (tertiary/aromatic N) is 1. The number of aliphatic hydroxyl groups excluding tert-OH is 5. The van der Waals surface area contributed by atoms with Crippen molar-refractivity contribution in [1.29, 1.82) is 0 Å². The lowest BCUT2D eigenvalue weighted by Crippen LogP contribution is -2.37. The Labute approximate surface area is 210 Å². The molecule has 0 aliphatic carbocycles. The van der Waals surface area contributed by atoms with E-state index in [-0.39, 0.29) is 42.1 Å². The summed E-state index contributed by atoms with van der Waals surface area (Å²) in [7, 11) is 1.35. The molecule has 0 radical (unpaired) electrons. The number of hydrogen-bond acceptors (Lipinski definition) is 8. The van der Waals surface area contributed by atoms with Gasteiger partial charge in [0.15, 0.2) is 0 Å². The average molecular weight is 686 g/mol. The van der Waals surface area contributed by atoms with Crippen LogP contribution in [-0.2, 0) is 4.79 Å². The fourth-order valence-corrected chi connectivity index (χ4v) is 5.79. The predicted molar refractivity (Wildman–Crippen MR) is 128 cm³/mol. The van der Waals surface area contributed by atoms with Gasteiger partial charge in [0.2, 0.25) is 0 Å². The molecule has 0 saturated carbocycles. The predicted octanol–water partition coefficient (Wildman–Crippen LogP) is -1.33. The molecule has 1 rings (SSSR count). The van der Waals surface area contributed by atoms with Crippen molar-refractivity contribution in [3.63, 3.8) is 0 Å². The number of benzene rings is 1. The second-order valence-electron chi connectivity index (χ2n) is 6.24. The van der Waals surface area contributed by atoms with Crippen LogP contribution in [0.2, 0.25) is 5.02 Å². The second-order valence-corrected chi connectivity index (χ2v) is 8.78. The maximum Gasteiger partial charge on any atom is 0.254 e. The van der Waals surface area contributed by atoms with Crippen LogP contribution < -0.4 is 15.5 Å². The van der Waals surface area contributed by atoms with Crippen molar-refractivity contribution in [3.05, 3.63) is 23.3 Å². The Kier molecular flexibility index (Phi) is 11.9. The fourth-order valence-electron chi connectivity index (χ4n) is 2.30. The van der Waals surface area contributed by atoms with Gasteiger partial charge in [-0.2, -0.15) is 0 Å². The number of carbonyl (C=O) groups is 3. The van der Waals surface area contributed by atoms with E-state index < -0.39 is 49.8 Å². The number of carbonyl (C=O) groups excluding carboxylic acids is 3. The molecule has 31 heavy (non-hydrogen) atoms. The highest BCUT2D eigenvalue weighted by Gasteiger charge is 2.31. The van der Waals surface area contributed by atoms with Gasteiger partial charge in [-0.05, 0) is 45.2 Å². The highest BCUT2D eigenvalue weighted by atomic mass is 127. The van der Waals surface area contributed by atoms with Gasteiger partial charge >= 0.3 is 0 Å². The van der Waals surface area contributed by atoms with Crippen molar-refractivity contribution in [2.75, 3.05) is 44.9 Å². The molecule has 2 unspecified atom stereocenters. The lowest BCUT2D eigenvalue weighted by molar-refractivity contribution is -0.121. The summed E-state index contributed by atoms with van der Waals surface area (Å²) in [4.78, 5) is 38.7. The third-order valence-electron chi connectivity index (χ3n) is 4.01. The molecular weight excluding hydrogens is 663 g/mol. The molecule has 0 saturated heterocycles. The molecule has 2 atom stereocenters. The van der Waals surface area contributed by atoms with Gasteiger partial charge in [0.1, 0.15) is 6.61 Å². The molecule has 1 aromatic rings. The molecule has 0 aliphatic rings. The highest BCUT2D eigenvalue weighted by Crippen LogP contribution is 2.39. The molecule has 11 nitrogen and oxygen atoms in total. The number of likely N-dealkylation sites (N-methyl/N-ethyl adjacent to an activating group) is 1. The van der Waals surface area contributed by atoms with E-state index in [2.05, 4.69) is 10.6 Å². The minimum atomic E-state index is -1.22. The van der Waals surface area contributed by atoms with Crippen molar-refractivity contribution in [1.82, 2.24) is 10.6 Å². The molecule has 0 bridgehead atoms. The zero-order valence-corrected chi connectivity index (χ0v) is 21.3. The summed E-state index contributed by atoms with van der Waals surface area (Å²) in [5.74, 6) is -2.25. The minimum Gasteiger partial charge on any atom is -0.394 e. The molecule has 3 amide bonds. The minimum absolute atomic E-state index is 0.144. The van der Waals surface area contributed by atoms with Gasteiger partial charge in [0, 0.05) is 20.1 Å². The van der Waals surface area contributed by atoms with Crippen molar-refractivity contribution in [2.45, 2.75) is 12.2 Å². The van der Waals surface area contributed by atoms with E-state index in [0.717, 1.165) is 4.90 Å². The van der Waals surface area contributed by atoms with Crippen LogP contribution in [0.5, 0.6) is 0 Å². The quantitative estimate of drug-likeness (QED) is 0.148. The van der Waals surface area contributed by atoms with Gasteiger partial charge in [0.05, 0.1) is 54.4 Å². The van der Waals surface area contributed by atoms with E-state index in [9.17, 15) is 29.7 Å². The van der Waals surface area contributed by atoms with Gasteiger partial charge in [-0.1, -0.05) is 11.6 Å². The van der Waals surface area contributed by atoms with E-state index in [0.29, 0.717) is 0 Å². The van der Waals surface area contributed by atoms with E-state index in [1.54, 1.807) is 45.2 Å². The summed E-state index contributed by atoms with van der Waals surface area (Å²) < 4.78 is 0.415. The van der Waals surface area contributed by atoms with Crippen molar-refractivity contribution < 1.29 is 39.9 Å². The van der Waals surface area contributed by atoms with E-state index in [1.807, 2.05) is 0 Å². The fraction of sp³-hybridized carbons (Fsp3) is 0.471. The Morgan fingerprint density at radius 3 is 1.65 bits per heavy atom. The second kappa shape index (κ2) is 13.0. The van der Waals surface area contributed by atoms with Crippen LogP contribution >= 0.6 is 56.8 Å². The Hall–Kier alpha value is -0.820. The van der Waals surface area contributed by atoms with Gasteiger partial charge in [0.25, 0.3) is 17.7 Å². The topological polar surface area (TPSA) is 180 Å². The standard InChI is InChI=1S/C17H22ClI2N3O8/c1-23(9(29)6-26)15-13(19)10(16(30)21-2-7(27)4-24)12(18)11(14(15)20)17(31)22-3-8(28)5-25/h7-8,24-28H,2-6H2,1H3,(H,21,30)(H,22,31). The number of rotatable bonds is 10. The van der Waals surface area contributed by atoms with Crippen molar-refractivity contribution >= 4 is 80.2 Å². The lowest BCUT2D eigenvalue weighted by Gasteiger charge is -2.24. The van der Waals surface area contributed by atoms with Crippen molar-refractivity contribution in [3.8, 4) is 0 Å². The molecule has 0 heterocycles. The van der Waals surface area contributed by atoms with Gasteiger partial charge in [-0.3, -0.25) is 14.4 Å². The van der Waals surface area contributed by atoms with Crippen LogP contribution in [0.3, 0.4) is 0 Å². The zero-order chi connectivity index (χ0) is 23.9. The van der Waals surface area contributed by atoms with Crippen LogP contribution in [-0.4, -0.2) is 95.4 Å². The highest BCUT2D eigenvalue weighted by molar-refractivity contribution is 14.1. The summed E-state index contributed by atoms with van der Waals surface area (Å²) in [5, 5.41) is 50.6. The first kappa shape index (κ1) is 28.2. The summed E-state index contributed by atoms with van der Waals surface area (Å²) in [6.45, 7) is -2.58. The molecule has 14 heteroatoms. The number of amides is 3. The Morgan fingerprint density at radius 2 is 1.32 bits per heavy atom. The summed E-state index contributed by atoms with van der Waals surface area (Å²) in [5.41, 5.74) is -0.174. The van der Waals surface area contributed by atoms with Gasteiger partial charge < -0.3 is 41.1 Å². The van der Waals surface area contributed by atoms with E-state index in [1.165, 1.54) is 7.05 Å². The normalized spacial score (nSPS) is 12.8. The van der Waals surface area contributed by atoms with Crippen LogP contribution in [0.1, 0.15) is 20.7 Å². The molecule has 0 aromatic heterocycles. The number of anilines is 1. The smallest absolute Gasteiger partial charge is 0.254 e. The average Bonchev–Trinajstić information content (AvgIpc) is 2.74. The molecule has 1 aromatic carbocycles. The molecule has 0 spiro atoms. The summed E-state index contributed by atoms with van der Waals surface area (Å²) in [6.07, 6.45) is -2.44. The number of hydrogen-bond donors (Lipinski definition) is 7. The largest absolute Gasteiger partial charge is 0.394 e. The van der Waals surface area contributed by atoms with E-state index >= 15 is 0 Å². The third-order valence-corrected chi connectivity index (χ3v) is 6.49. The molecule has 0 fully saturated rings. The van der Waals surface area contributed by atoms with Crippen LogP contribution in [0.15, 0.2) is 0 Å². The molecular formula is C17H22ClI2N3O8. The van der Waals surface area contributed by atoms with Crippen molar-refractivity contribution in [2.24, 2.45) is 0 Å². The monoisotopic (exact) mass is 685 g/mol. The Bertz CT molecular complexity index is 789. The molecule has 7 N–H and O–H groups in total. The zero-order valence-electron chi connectivity index (χ0n) is 16.2. The lowest BCUT2D eigenvalue weighted by atomic mass is 10.1. The SMILES string of the molecule is CN(C(=O)CO)c1c(I)c(C(=O)NCC(O)CO)c(Cl)c(C(=O)NCC(O)CO)c1I. The van der Waals surface area contributed by atoms with E-state index in [4.69, 9.17) is 21.8 Å². The van der Waals surface area contributed by atoms with Crippen LogP contribution in [0, 0.1) is 7.14 Å². The van der Waals surface area contributed by atoms with Gasteiger partial charge in [-0.15, -0.1) is 0 Å². The third kappa shape index (κ3) is 7.08. The van der Waals surface area contributed by atoms with Gasteiger partial charge in [-0.25, -0.2) is 0 Å². The maximum absolute atomic E-state index is 12.8. The van der Waals surface area contributed by atoms with Crippen LogP contribution in [0.4, 0.5) is 5.69 Å². The Balaban J connectivity index is 3.59. The molecule has 0 aliphatic heterocycles. The number of aliphatic hydroxyl groups is 5. The van der Waals surface area contributed by atoms with Crippen LogP contribution in [0.25, 0.3) is 0 Å². The first-order valence-electron chi connectivity index (χ1n) is 8.73. The first-order chi connectivity index (χ1) is 14.5. The Morgan fingerprint density at radius 1 is 0.935 bits per heavy atom.